The summed E-state index contributed by atoms with van der Waals surface area (Å²) in [6.45, 7) is 9.90. The molecule has 0 amide bonds. The second-order valence-corrected chi connectivity index (χ2v) is 5.76. The molecule has 22 heavy (non-hydrogen) atoms. The number of aromatic nitrogens is 3. The number of nitrogens with two attached hydrogens (primary N) is 1. The summed E-state index contributed by atoms with van der Waals surface area (Å²) in [5, 5.41) is 7.80. The Hall–Kier alpha value is -2.30. The van der Waals surface area contributed by atoms with Gasteiger partial charge < -0.3 is 11.1 Å². The molecule has 2 aromatic rings. The molecule has 0 unspecified atom stereocenters. The minimum Gasteiger partial charge on any atom is -0.382 e. The van der Waals surface area contributed by atoms with Gasteiger partial charge in [0.05, 0.1) is 17.1 Å². The Balaban J connectivity index is 2.66. The van der Waals surface area contributed by atoms with Gasteiger partial charge in [-0.3, -0.25) is 4.98 Å². The highest BCUT2D eigenvalue weighted by Gasteiger charge is 2.16. The summed E-state index contributed by atoms with van der Waals surface area (Å²) in [6.07, 6.45) is 0.820. The summed E-state index contributed by atoms with van der Waals surface area (Å²) in [5.74, 6) is 0.691. The van der Waals surface area contributed by atoms with Crippen molar-refractivity contribution in [2.75, 3.05) is 5.73 Å². The Morgan fingerprint density at radius 1 is 1.23 bits per heavy atom. The molecule has 5 heteroatoms. The Bertz CT molecular complexity index is 719. The van der Waals surface area contributed by atoms with Gasteiger partial charge in [-0.2, -0.15) is 0 Å². The van der Waals surface area contributed by atoms with E-state index in [0.29, 0.717) is 23.1 Å². The molecule has 3 N–H and O–H groups in total. The number of anilines is 1. The number of nitrogen functional groups attached to an aromatic ring is 1. The van der Waals surface area contributed by atoms with Gasteiger partial charge in [0.2, 0.25) is 0 Å². The first-order valence-electron chi connectivity index (χ1n) is 7.55. The van der Waals surface area contributed by atoms with E-state index in [0.717, 1.165) is 34.8 Å². The molecule has 5 nitrogen and oxygen atoms in total. The quantitative estimate of drug-likeness (QED) is 0.845. The fourth-order valence-corrected chi connectivity index (χ4v) is 2.39. The molecule has 0 radical (unpaired) electrons. The molecule has 0 saturated heterocycles. The zero-order valence-corrected chi connectivity index (χ0v) is 13.9. The minimum absolute atomic E-state index is 0.304. The van der Waals surface area contributed by atoms with E-state index in [9.17, 15) is 0 Å². The lowest BCUT2D eigenvalue weighted by Crippen LogP contribution is -2.10. The lowest BCUT2D eigenvalue weighted by molar-refractivity contribution is 0.807. The largest absolute Gasteiger partial charge is 0.382 e. The lowest BCUT2D eigenvalue weighted by atomic mass is 10.0. The average Bonchev–Trinajstić information content (AvgIpc) is 2.46. The summed E-state index contributed by atoms with van der Waals surface area (Å²) in [5.41, 5.74) is 11.2. The van der Waals surface area contributed by atoms with Crippen molar-refractivity contribution in [3.05, 3.63) is 34.9 Å². The third-order valence-electron chi connectivity index (χ3n) is 3.63. The number of aryl methyl sites for hydroxylation is 2. The summed E-state index contributed by atoms with van der Waals surface area (Å²) >= 11 is 0. The first-order valence-corrected chi connectivity index (χ1v) is 7.55. The summed E-state index contributed by atoms with van der Waals surface area (Å²) in [6, 6.07) is 4.09. The highest BCUT2D eigenvalue weighted by atomic mass is 14.9. The van der Waals surface area contributed by atoms with E-state index in [-0.39, 0.29) is 0 Å². The molecule has 0 aromatic carbocycles. The van der Waals surface area contributed by atoms with E-state index in [2.05, 4.69) is 36.8 Å². The first kappa shape index (κ1) is 16.1. The van der Waals surface area contributed by atoms with Crippen molar-refractivity contribution in [1.29, 1.82) is 5.41 Å². The number of pyridine rings is 1. The van der Waals surface area contributed by atoms with E-state index in [1.807, 2.05) is 13.0 Å². The van der Waals surface area contributed by atoms with Crippen LogP contribution >= 0.6 is 0 Å². The van der Waals surface area contributed by atoms with Crippen LogP contribution < -0.4 is 5.73 Å². The van der Waals surface area contributed by atoms with Crippen LogP contribution in [-0.4, -0.2) is 20.7 Å². The SMILES string of the molecule is CCc1nc(C(C)C)ccc1-c1nc(C(C)=N)c(N)nc1C. The van der Waals surface area contributed by atoms with Gasteiger partial charge in [0.1, 0.15) is 5.69 Å². The van der Waals surface area contributed by atoms with Crippen molar-refractivity contribution in [1.82, 2.24) is 15.0 Å². The summed E-state index contributed by atoms with van der Waals surface area (Å²) in [7, 11) is 0. The van der Waals surface area contributed by atoms with Crippen molar-refractivity contribution in [2.45, 2.75) is 47.0 Å². The molecule has 0 spiro atoms. The van der Waals surface area contributed by atoms with Crippen LogP contribution in [0.2, 0.25) is 0 Å². The molecule has 116 valence electrons. The van der Waals surface area contributed by atoms with E-state index in [1.54, 1.807) is 6.92 Å². The topological polar surface area (TPSA) is 88.5 Å². The highest BCUT2D eigenvalue weighted by molar-refractivity contribution is 5.98. The lowest BCUT2D eigenvalue weighted by Gasteiger charge is -2.14. The molecule has 2 heterocycles. The second kappa shape index (κ2) is 6.22. The fourth-order valence-electron chi connectivity index (χ4n) is 2.39. The second-order valence-electron chi connectivity index (χ2n) is 5.76. The van der Waals surface area contributed by atoms with Crippen LogP contribution in [0.4, 0.5) is 5.82 Å². The average molecular weight is 297 g/mol. The maximum absolute atomic E-state index is 7.80. The molecule has 0 atom stereocenters. The predicted molar refractivity (Wildman–Crippen MR) is 90.4 cm³/mol. The van der Waals surface area contributed by atoms with Crippen molar-refractivity contribution >= 4 is 11.5 Å². The number of hydrogen-bond donors (Lipinski definition) is 2. The minimum atomic E-state index is 0.304. The van der Waals surface area contributed by atoms with Crippen LogP contribution in [0.15, 0.2) is 12.1 Å². The van der Waals surface area contributed by atoms with Gasteiger partial charge in [0.25, 0.3) is 0 Å². The van der Waals surface area contributed by atoms with Crippen molar-refractivity contribution in [2.24, 2.45) is 0 Å². The Kier molecular flexibility index (Phi) is 4.54. The van der Waals surface area contributed by atoms with Gasteiger partial charge in [-0.25, -0.2) is 9.97 Å². The molecule has 0 saturated carbocycles. The van der Waals surface area contributed by atoms with Gasteiger partial charge in [-0.05, 0) is 38.3 Å². The number of hydrogen-bond acceptors (Lipinski definition) is 5. The first-order chi connectivity index (χ1) is 10.3. The molecule has 0 aliphatic heterocycles. The van der Waals surface area contributed by atoms with Crippen LogP contribution in [0.25, 0.3) is 11.3 Å². The van der Waals surface area contributed by atoms with Gasteiger partial charge in [0, 0.05) is 17.0 Å². The van der Waals surface area contributed by atoms with Gasteiger partial charge in [0.15, 0.2) is 5.82 Å². The molecule has 0 fully saturated rings. The standard InChI is InChI=1S/C17H23N5/c1-6-13-12(7-8-14(21-13)9(2)3)16-11(5)20-17(19)15(22-16)10(4)18/h7-9,18H,6H2,1-5H3,(H2,19,20). The third-order valence-corrected chi connectivity index (χ3v) is 3.63. The molecule has 0 bridgehead atoms. The maximum Gasteiger partial charge on any atom is 0.151 e. The van der Waals surface area contributed by atoms with Crippen LogP contribution in [0.5, 0.6) is 0 Å². The Morgan fingerprint density at radius 2 is 1.91 bits per heavy atom. The zero-order chi connectivity index (χ0) is 16.4. The smallest absolute Gasteiger partial charge is 0.151 e. The van der Waals surface area contributed by atoms with Crippen molar-refractivity contribution in [3.63, 3.8) is 0 Å². The van der Waals surface area contributed by atoms with Crippen LogP contribution in [0.3, 0.4) is 0 Å². The van der Waals surface area contributed by atoms with E-state index in [1.165, 1.54) is 0 Å². The van der Waals surface area contributed by atoms with E-state index < -0.39 is 0 Å². The van der Waals surface area contributed by atoms with Crippen LogP contribution in [-0.2, 0) is 6.42 Å². The highest BCUT2D eigenvalue weighted by Crippen LogP contribution is 2.27. The maximum atomic E-state index is 7.80. The van der Waals surface area contributed by atoms with Crippen molar-refractivity contribution in [3.8, 4) is 11.3 Å². The van der Waals surface area contributed by atoms with Gasteiger partial charge >= 0.3 is 0 Å². The third kappa shape index (κ3) is 2.98. The molecular weight excluding hydrogens is 274 g/mol. The number of rotatable bonds is 4. The fraction of sp³-hybridized carbons (Fsp3) is 0.412. The molecule has 0 aliphatic rings. The Morgan fingerprint density at radius 3 is 2.45 bits per heavy atom. The summed E-state index contributed by atoms with van der Waals surface area (Å²) < 4.78 is 0. The van der Waals surface area contributed by atoms with Crippen LogP contribution in [0.1, 0.15) is 56.4 Å². The zero-order valence-electron chi connectivity index (χ0n) is 13.9. The Labute approximate surface area is 131 Å². The normalized spacial score (nSPS) is 11.0. The predicted octanol–water partition coefficient (Wildman–Crippen LogP) is 3.50. The number of nitrogens with zero attached hydrogens (tertiary/aromatic N) is 3. The van der Waals surface area contributed by atoms with Crippen LogP contribution in [0, 0.1) is 12.3 Å². The van der Waals surface area contributed by atoms with Gasteiger partial charge in [-0.1, -0.05) is 20.8 Å². The molecular formula is C17H23N5. The van der Waals surface area contributed by atoms with E-state index >= 15 is 0 Å². The molecule has 0 aliphatic carbocycles. The molecule has 2 aromatic heterocycles. The monoisotopic (exact) mass is 297 g/mol. The molecule has 2 rings (SSSR count). The van der Waals surface area contributed by atoms with E-state index in [4.69, 9.17) is 16.1 Å². The van der Waals surface area contributed by atoms with Crippen molar-refractivity contribution < 1.29 is 0 Å². The van der Waals surface area contributed by atoms with Gasteiger partial charge in [-0.15, -0.1) is 0 Å². The summed E-state index contributed by atoms with van der Waals surface area (Å²) in [4.78, 5) is 13.7. The number of nitrogens with one attached hydrogen (secondary N) is 1.